The molecule has 92 valence electrons. The van der Waals surface area contributed by atoms with E-state index in [2.05, 4.69) is 10.4 Å². The zero-order valence-electron chi connectivity index (χ0n) is 9.66. The van der Waals surface area contributed by atoms with Crippen molar-refractivity contribution in [2.24, 2.45) is 5.84 Å². The number of aryl methyl sites for hydroxylation is 1. The van der Waals surface area contributed by atoms with Crippen molar-refractivity contribution >= 4 is 16.8 Å². The number of nitrogens with zero attached hydrogens (tertiary/aromatic N) is 1. The summed E-state index contributed by atoms with van der Waals surface area (Å²) < 4.78 is 13.3. The van der Waals surface area contributed by atoms with E-state index < -0.39 is 0 Å². The molecule has 1 aliphatic rings. The van der Waals surface area contributed by atoms with Crippen molar-refractivity contribution in [3.63, 3.8) is 0 Å². The van der Waals surface area contributed by atoms with Gasteiger partial charge < -0.3 is 0 Å². The highest BCUT2D eigenvalue weighted by molar-refractivity contribution is 6.07. The van der Waals surface area contributed by atoms with E-state index in [9.17, 15) is 9.18 Å². The van der Waals surface area contributed by atoms with E-state index in [1.165, 1.54) is 12.1 Å². The van der Waals surface area contributed by atoms with E-state index in [0.29, 0.717) is 16.5 Å². The second kappa shape index (κ2) is 4.03. The molecule has 1 heterocycles. The Hall–Kier alpha value is -2.01. The lowest BCUT2D eigenvalue weighted by molar-refractivity contribution is 0.0954. The van der Waals surface area contributed by atoms with Crippen molar-refractivity contribution < 1.29 is 9.18 Å². The third-order valence-corrected chi connectivity index (χ3v) is 3.33. The van der Waals surface area contributed by atoms with Gasteiger partial charge in [0, 0.05) is 11.1 Å². The SMILES string of the molecule is NNC(=O)c1c2c(nc3ccc(F)cc13)CCC2. The highest BCUT2D eigenvalue weighted by Crippen LogP contribution is 2.30. The van der Waals surface area contributed by atoms with Gasteiger partial charge in [-0.2, -0.15) is 0 Å². The molecule has 1 aromatic heterocycles. The molecule has 0 saturated heterocycles. The number of nitrogens with one attached hydrogen (secondary N) is 1. The Morgan fingerprint density at radius 2 is 2.22 bits per heavy atom. The van der Waals surface area contributed by atoms with Crippen LogP contribution in [0.3, 0.4) is 0 Å². The summed E-state index contributed by atoms with van der Waals surface area (Å²) in [5, 5.41) is 0.526. The number of fused-ring (bicyclic) bond motifs is 2. The number of carbonyl (C=O) groups is 1. The van der Waals surface area contributed by atoms with Crippen LogP contribution in [0.4, 0.5) is 4.39 Å². The van der Waals surface area contributed by atoms with E-state index in [1.54, 1.807) is 6.07 Å². The summed E-state index contributed by atoms with van der Waals surface area (Å²) in [5.41, 5.74) is 5.06. The molecule has 1 amide bonds. The highest BCUT2D eigenvalue weighted by Gasteiger charge is 2.23. The molecule has 0 unspecified atom stereocenters. The van der Waals surface area contributed by atoms with Gasteiger partial charge in [0.05, 0.1) is 11.1 Å². The summed E-state index contributed by atoms with van der Waals surface area (Å²) in [7, 11) is 0. The Bertz CT molecular complexity index is 654. The number of carbonyl (C=O) groups excluding carboxylic acids is 1. The van der Waals surface area contributed by atoms with Gasteiger partial charge >= 0.3 is 0 Å². The summed E-state index contributed by atoms with van der Waals surface area (Å²) in [5.74, 6) is 4.45. The first-order valence-corrected chi connectivity index (χ1v) is 5.82. The number of hydrazine groups is 1. The summed E-state index contributed by atoms with van der Waals surface area (Å²) in [4.78, 5) is 16.4. The number of rotatable bonds is 1. The van der Waals surface area contributed by atoms with Gasteiger partial charge in [0.15, 0.2) is 0 Å². The molecule has 18 heavy (non-hydrogen) atoms. The number of nitrogens with two attached hydrogens (primary N) is 1. The number of halogens is 1. The Kier molecular flexibility index (Phi) is 2.48. The quantitative estimate of drug-likeness (QED) is 0.454. The molecule has 1 aromatic carbocycles. The van der Waals surface area contributed by atoms with Crippen molar-refractivity contribution in [3.05, 3.63) is 40.8 Å². The topological polar surface area (TPSA) is 68.0 Å². The third-order valence-electron chi connectivity index (χ3n) is 3.33. The number of amides is 1. The maximum atomic E-state index is 13.3. The number of hydrogen-bond donors (Lipinski definition) is 2. The van der Waals surface area contributed by atoms with E-state index in [1.807, 2.05) is 0 Å². The fourth-order valence-electron chi connectivity index (χ4n) is 2.57. The van der Waals surface area contributed by atoms with Gasteiger partial charge in [-0.25, -0.2) is 10.2 Å². The number of benzene rings is 1. The normalized spacial score (nSPS) is 13.7. The molecular formula is C13H12FN3O. The van der Waals surface area contributed by atoms with Crippen molar-refractivity contribution in [3.8, 4) is 0 Å². The minimum atomic E-state index is -0.383. The number of aromatic nitrogens is 1. The van der Waals surface area contributed by atoms with Gasteiger partial charge in [0.2, 0.25) is 0 Å². The van der Waals surface area contributed by atoms with Crippen LogP contribution in [0.2, 0.25) is 0 Å². The van der Waals surface area contributed by atoms with Crippen molar-refractivity contribution in [2.45, 2.75) is 19.3 Å². The first kappa shape index (κ1) is 11.1. The predicted octanol–water partition coefficient (Wildman–Crippen LogP) is 1.47. The Labute approximate surface area is 103 Å². The maximum absolute atomic E-state index is 13.3. The average molecular weight is 245 g/mol. The van der Waals surface area contributed by atoms with Crippen LogP contribution in [-0.4, -0.2) is 10.9 Å². The Morgan fingerprint density at radius 1 is 1.39 bits per heavy atom. The number of pyridine rings is 1. The fraction of sp³-hybridized carbons (Fsp3) is 0.231. The van der Waals surface area contributed by atoms with E-state index in [4.69, 9.17) is 5.84 Å². The minimum Gasteiger partial charge on any atom is -0.290 e. The van der Waals surface area contributed by atoms with Gasteiger partial charge in [-0.3, -0.25) is 15.2 Å². The smallest absolute Gasteiger partial charge is 0.266 e. The standard InChI is InChI=1S/C13H12FN3O/c14-7-4-5-11-9(6-7)12(13(18)17-15)8-2-1-3-10(8)16-11/h4-6H,1-3,15H2,(H,17,18). The van der Waals surface area contributed by atoms with Crippen LogP contribution in [0.5, 0.6) is 0 Å². The highest BCUT2D eigenvalue weighted by atomic mass is 19.1. The molecule has 4 nitrogen and oxygen atoms in total. The zero-order chi connectivity index (χ0) is 12.7. The number of nitrogen functional groups attached to an aromatic ring is 1. The summed E-state index contributed by atoms with van der Waals surface area (Å²) in [6.45, 7) is 0. The first-order chi connectivity index (χ1) is 8.70. The van der Waals surface area contributed by atoms with E-state index in [-0.39, 0.29) is 11.7 Å². The van der Waals surface area contributed by atoms with Gasteiger partial charge in [-0.15, -0.1) is 0 Å². The lowest BCUT2D eigenvalue weighted by Crippen LogP contribution is -2.31. The molecule has 0 radical (unpaired) electrons. The monoisotopic (exact) mass is 245 g/mol. The van der Waals surface area contributed by atoms with Crippen LogP contribution in [0, 0.1) is 5.82 Å². The molecule has 5 heteroatoms. The first-order valence-electron chi connectivity index (χ1n) is 5.82. The van der Waals surface area contributed by atoms with E-state index in [0.717, 1.165) is 30.5 Å². The second-order valence-corrected chi connectivity index (χ2v) is 4.40. The van der Waals surface area contributed by atoms with Crippen molar-refractivity contribution in [2.75, 3.05) is 0 Å². The predicted molar refractivity (Wildman–Crippen MR) is 65.4 cm³/mol. The van der Waals surface area contributed by atoms with Gasteiger partial charge in [0.25, 0.3) is 5.91 Å². The number of hydrogen-bond acceptors (Lipinski definition) is 3. The molecule has 3 N–H and O–H groups in total. The summed E-state index contributed by atoms with van der Waals surface area (Å²) >= 11 is 0. The molecule has 1 aliphatic carbocycles. The second-order valence-electron chi connectivity index (χ2n) is 4.40. The fourth-order valence-corrected chi connectivity index (χ4v) is 2.57. The molecule has 0 atom stereocenters. The van der Waals surface area contributed by atoms with Crippen molar-refractivity contribution in [1.82, 2.24) is 10.4 Å². The largest absolute Gasteiger partial charge is 0.290 e. The van der Waals surface area contributed by atoms with Crippen LogP contribution >= 0.6 is 0 Å². The average Bonchev–Trinajstić information content (AvgIpc) is 2.82. The summed E-state index contributed by atoms with van der Waals surface area (Å²) in [6.07, 6.45) is 2.61. The Morgan fingerprint density at radius 3 is 3.00 bits per heavy atom. The van der Waals surface area contributed by atoms with Crippen LogP contribution < -0.4 is 11.3 Å². The van der Waals surface area contributed by atoms with Gasteiger partial charge in [-0.05, 0) is 43.0 Å². The van der Waals surface area contributed by atoms with Crippen LogP contribution in [-0.2, 0) is 12.8 Å². The van der Waals surface area contributed by atoms with Gasteiger partial charge in [-0.1, -0.05) is 0 Å². The molecule has 2 aromatic rings. The molecular weight excluding hydrogens is 233 g/mol. The van der Waals surface area contributed by atoms with Gasteiger partial charge in [0.1, 0.15) is 5.82 Å². The van der Waals surface area contributed by atoms with E-state index >= 15 is 0 Å². The lowest BCUT2D eigenvalue weighted by atomic mass is 10.0. The zero-order valence-corrected chi connectivity index (χ0v) is 9.66. The van der Waals surface area contributed by atoms with Crippen LogP contribution in [0.1, 0.15) is 28.0 Å². The maximum Gasteiger partial charge on any atom is 0.266 e. The Balaban J connectivity index is 2.40. The molecule has 0 aliphatic heterocycles. The lowest BCUT2D eigenvalue weighted by Gasteiger charge is -2.10. The molecule has 3 rings (SSSR count). The molecule has 0 fully saturated rings. The third kappa shape index (κ3) is 1.55. The van der Waals surface area contributed by atoms with Crippen LogP contribution in [0.25, 0.3) is 10.9 Å². The minimum absolute atomic E-state index is 0.381. The molecule has 0 spiro atoms. The molecule has 0 bridgehead atoms. The molecule has 0 saturated carbocycles. The summed E-state index contributed by atoms with van der Waals surface area (Å²) in [6, 6.07) is 4.28. The van der Waals surface area contributed by atoms with Crippen molar-refractivity contribution in [1.29, 1.82) is 0 Å². The van der Waals surface area contributed by atoms with Crippen LogP contribution in [0.15, 0.2) is 18.2 Å².